The van der Waals surface area contributed by atoms with E-state index in [1.54, 1.807) is 0 Å². The topological polar surface area (TPSA) is 12.0 Å². The van der Waals surface area contributed by atoms with Crippen LogP contribution in [0.4, 0.5) is 0 Å². The highest BCUT2D eigenvalue weighted by molar-refractivity contribution is 4.93. The quantitative estimate of drug-likeness (QED) is 0.705. The summed E-state index contributed by atoms with van der Waals surface area (Å²) in [5, 5.41) is 3.51. The summed E-state index contributed by atoms with van der Waals surface area (Å²) in [6.45, 7) is 0. The van der Waals surface area contributed by atoms with E-state index in [1.807, 2.05) is 0 Å². The minimum atomic E-state index is 0.855. The summed E-state index contributed by atoms with van der Waals surface area (Å²) in [7, 11) is 2.15. The third-order valence-electron chi connectivity index (χ3n) is 4.91. The lowest BCUT2D eigenvalue weighted by Crippen LogP contribution is -2.49. The molecule has 0 heterocycles. The van der Waals surface area contributed by atoms with Crippen molar-refractivity contribution in [1.82, 2.24) is 5.32 Å². The van der Waals surface area contributed by atoms with Gasteiger partial charge in [0.2, 0.25) is 0 Å². The van der Waals surface area contributed by atoms with Crippen LogP contribution in [0, 0.1) is 11.8 Å². The van der Waals surface area contributed by atoms with Crippen LogP contribution < -0.4 is 5.32 Å². The van der Waals surface area contributed by atoms with Gasteiger partial charge < -0.3 is 5.32 Å². The SMILES string of the molecule is CNC1CC2CCCCCCCCCCC21. The van der Waals surface area contributed by atoms with Gasteiger partial charge in [0.05, 0.1) is 0 Å². The van der Waals surface area contributed by atoms with Gasteiger partial charge in [0, 0.05) is 6.04 Å². The third-order valence-corrected chi connectivity index (χ3v) is 4.91. The van der Waals surface area contributed by atoms with Crippen LogP contribution in [-0.4, -0.2) is 13.1 Å². The van der Waals surface area contributed by atoms with Crippen LogP contribution in [0.3, 0.4) is 0 Å². The molecule has 3 unspecified atom stereocenters. The van der Waals surface area contributed by atoms with Crippen molar-refractivity contribution < 1.29 is 0 Å². The maximum absolute atomic E-state index is 3.51. The zero-order valence-electron chi connectivity index (χ0n) is 11.0. The molecule has 2 fully saturated rings. The Kier molecular flexibility index (Phi) is 5.15. The lowest BCUT2D eigenvalue weighted by Gasteiger charge is -2.45. The van der Waals surface area contributed by atoms with Crippen molar-refractivity contribution in [2.24, 2.45) is 11.8 Å². The Hall–Kier alpha value is -0.0400. The number of nitrogens with one attached hydrogen (secondary N) is 1. The molecule has 2 aliphatic carbocycles. The molecule has 16 heavy (non-hydrogen) atoms. The fraction of sp³-hybridized carbons (Fsp3) is 1.00. The van der Waals surface area contributed by atoms with Gasteiger partial charge >= 0.3 is 0 Å². The maximum atomic E-state index is 3.51. The fourth-order valence-corrected chi connectivity index (χ4v) is 3.76. The largest absolute Gasteiger partial charge is 0.317 e. The molecule has 1 heteroatoms. The summed E-state index contributed by atoms with van der Waals surface area (Å²) in [6, 6.07) is 0.855. The summed E-state index contributed by atoms with van der Waals surface area (Å²) < 4.78 is 0. The third kappa shape index (κ3) is 3.23. The van der Waals surface area contributed by atoms with E-state index in [0.29, 0.717) is 0 Å². The van der Waals surface area contributed by atoms with Crippen molar-refractivity contribution in [2.75, 3.05) is 7.05 Å². The van der Waals surface area contributed by atoms with Crippen LogP contribution in [0.2, 0.25) is 0 Å². The van der Waals surface area contributed by atoms with Gasteiger partial charge in [0.25, 0.3) is 0 Å². The molecule has 2 rings (SSSR count). The molecular formula is C15H29N. The summed E-state index contributed by atoms with van der Waals surface area (Å²) in [4.78, 5) is 0. The Morgan fingerprint density at radius 2 is 1.31 bits per heavy atom. The second kappa shape index (κ2) is 6.64. The molecule has 0 saturated heterocycles. The van der Waals surface area contributed by atoms with Crippen LogP contribution in [0.15, 0.2) is 0 Å². The standard InChI is InChI=1S/C15H29N/c1-16-15-12-13-10-8-6-4-2-3-5-7-9-11-14(13)15/h13-16H,2-12H2,1H3. The van der Waals surface area contributed by atoms with Crippen LogP contribution in [-0.2, 0) is 0 Å². The smallest absolute Gasteiger partial charge is 0.00977 e. The monoisotopic (exact) mass is 223 g/mol. The van der Waals surface area contributed by atoms with Crippen molar-refractivity contribution in [3.05, 3.63) is 0 Å². The Bertz CT molecular complexity index is 190. The molecule has 0 aromatic heterocycles. The van der Waals surface area contributed by atoms with Gasteiger partial charge in [-0.05, 0) is 31.7 Å². The highest BCUT2D eigenvalue weighted by Gasteiger charge is 2.38. The van der Waals surface area contributed by atoms with Gasteiger partial charge in [-0.1, -0.05) is 57.8 Å². The fourth-order valence-electron chi connectivity index (χ4n) is 3.76. The molecule has 2 aliphatic rings. The first-order chi connectivity index (χ1) is 7.92. The molecule has 0 aromatic rings. The van der Waals surface area contributed by atoms with E-state index in [4.69, 9.17) is 0 Å². The van der Waals surface area contributed by atoms with Crippen molar-refractivity contribution >= 4 is 0 Å². The van der Waals surface area contributed by atoms with Gasteiger partial charge in [0.1, 0.15) is 0 Å². The number of hydrogen-bond donors (Lipinski definition) is 1. The minimum Gasteiger partial charge on any atom is -0.317 e. The van der Waals surface area contributed by atoms with Gasteiger partial charge in [0.15, 0.2) is 0 Å². The first kappa shape index (κ1) is 12.4. The van der Waals surface area contributed by atoms with Crippen molar-refractivity contribution in [3.63, 3.8) is 0 Å². The molecule has 1 N–H and O–H groups in total. The van der Waals surface area contributed by atoms with Gasteiger partial charge in [-0.25, -0.2) is 0 Å². The summed E-state index contributed by atoms with van der Waals surface area (Å²) >= 11 is 0. The van der Waals surface area contributed by atoms with Crippen LogP contribution in [0.5, 0.6) is 0 Å². The normalized spacial score (nSPS) is 37.7. The first-order valence-corrected chi connectivity index (χ1v) is 7.59. The minimum absolute atomic E-state index is 0.855. The number of hydrogen-bond acceptors (Lipinski definition) is 1. The molecule has 0 bridgehead atoms. The molecule has 0 aliphatic heterocycles. The van der Waals surface area contributed by atoms with Gasteiger partial charge in [-0.15, -0.1) is 0 Å². The van der Waals surface area contributed by atoms with Crippen LogP contribution in [0.25, 0.3) is 0 Å². The van der Waals surface area contributed by atoms with Gasteiger partial charge in [-0.2, -0.15) is 0 Å². The number of fused-ring (bicyclic) bond motifs is 1. The highest BCUT2D eigenvalue weighted by atomic mass is 14.9. The molecule has 94 valence electrons. The van der Waals surface area contributed by atoms with Gasteiger partial charge in [-0.3, -0.25) is 0 Å². The van der Waals surface area contributed by atoms with Crippen molar-refractivity contribution in [2.45, 2.75) is 76.7 Å². The first-order valence-electron chi connectivity index (χ1n) is 7.59. The zero-order valence-corrected chi connectivity index (χ0v) is 11.0. The van der Waals surface area contributed by atoms with E-state index in [-0.39, 0.29) is 0 Å². The van der Waals surface area contributed by atoms with E-state index in [0.717, 1.165) is 17.9 Å². The molecular weight excluding hydrogens is 194 g/mol. The second-order valence-electron chi connectivity index (χ2n) is 5.96. The predicted molar refractivity (Wildman–Crippen MR) is 70.6 cm³/mol. The molecule has 2 saturated carbocycles. The predicted octanol–water partition coefficient (Wildman–Crippen LogP) is 4.13. The van der Waals surface area contributed by atoms with E-state index in [1.165, 1.54) is 70.6 Å². The van der Waals surface area contributed by atoms with Crippen LogP contribution in [0.1, 0.15) is 70.6 Å². The van der Waals surface area contributed by atoms with Crippen LogP contribution >= 0.6 is 0 Å². The summed E-state index contributed by atoms with van der Waals surface area (Å²) in [5.41, 5.74) is 0. The van der Waals surface area contributed by atoms with Crippen molar-refractivity contribution in [1.29, 1.82) is 0 Å². The summed E-state index contributed by atoms with van der Waals surface area (Å²) in [5.74, 6) is 2.08. The highest BCUT2D eigenvalue weighted by Crippen LogP contribution is 2.41. The zero-order chi connectivity index (χ0) is 11.2. The molecule has 0 amide bonds. The Morgan fingerprint density at radius 1 is 0.750 bits per heavy atom. The maximum Gasteiger partial charge on any atom is 0.00977 e. The average molecular weight is 223 g/mol. The summed E-state index contributed by atoms with van der Waals surface area (Å²) in [6.07, 6.45) is 16.4. The van der Waals surface area contributed by atoms with E-state index < -0.39 is 0 Å². The Labute approximate surface area is 101 Å². The molecule has 3 atom stereocenters. The van der Waals surface area contributed by atoms with E-state index in [9.17, 15) is 0 Å². The molecule has 0 spiro atoms. The van der Waals surface area contributed by atoms with E-state index in [2.05, 4.69) is 12.4 Å². The van der Waals surface area contributed by atoms with E-state index >= 15 is 0 Å². The Balaban J connectivity index is 1.77. The molecule has 0 aromatic carbocycles. The number of rotatable bonds is 1. The molecule has 0 radical (unpaired) electrons. The average Bonchev–Trinajstić information content (AvgIpc) is 2.27. The van der Waals surface area contributed by atoms with Crippen molar-refractivity contribution in [3.8, 4) is 0 Å². The Morgan fingerprint density at radius 3 is 1.94 bits per heavy atom. The second-order valence-corrected chi connectivity index (χ2v) is 5.96. The molecule has 1 nitrogen and oxygen atoms in total. The lowest BCUT2D eigenvalue weighted by molar-refractivity contribution is 0.0881. The lowest BCUT2D eigenvalue weighted by atomic mass is 9.65.